The molecule has 1 aromatic carbocycles. The lowest BCUT2D eigenvalue weighted by Crippen LogP contribution is -2.47. The van der Waals surface area contributed by atoms with Gasteiger partial charge in [0.05, 0.1) is 6.54 Å². The first-order valence-corrected chi connectivity index (χ1v) is 11.6. The number of hydrogen-bond donors (Lipinski definition) is 3. The van der Waals surface area contributed by atoms with E-state index >= 15 is 0 Å². The standard InChI is InChI=1S/C25H31N3O9/c1-25(2,3)37-24(35)18(9-4-5-12-28-20(30)10-11-21(28)31)27-19(29)14-26-23(34)16-7-6-8-17(13-16)36-15-22(32)33/h6-8,10-11,13,18H,4-5,9,12,14-15H2,1-3H3,(H,26,34)(H,27,29)(H,32,33)/t18-/m0/s1. The summed E-state index contributed by atoms with van der Waals surface area (Å²) >= 11 is 0. The number of carbonyl (C=O) groups excluding carboxylic acids is 5. The molecule has 0 saturated carbocycles. The van der Waals surface area contributed by atoms with Gasteiger partial charge in [0.1, 0.15) is 17.4 Å². The molecule has 0 radical (unpaired) electrons. The minimum atomic E-state index is -1.17. The normalized spacial score (nSPS) is 13.8. The second-order valence-corrected chi connectivity index (χ2v) is 9.20. The molecule has 0 aromatic heterocycles. The molecular formula is C25H31N3O9. The number of unbranched alkanes of at least 4 members (excludes halogenated alkanes) is 1. The Bertz CT molecular complexity index is 1060. The molecule has 0 aliphatic carbocycles. The van der Waals surface area contributed by atoms with Crippen molar-refractivity contribution in [1.29, 1.82) is 0 Å². The van der Waals surface area contributed by atoms with Gasteiger partial charge in [0.2, 0.25) is 5.91 Å². The molecule has 1 aromatic rings. The van der Waals surface area contributed by atoms with Crippen molar-refractivity contribution in [2.45, 2.75) is 51.7 Å². The van der Waals surface area contributed by atoms with Crippen molar-refractivity contribution < 1.29 is 43.3 Å². The van der Waals surface area contributed by atoms with Gasteiger partial charge in [-0.1, -0.05) is 6.07 Å². The van der Waals surface area contributed by atoms with Gasteiger partial charge in [0.25, 0.3) is 17.7 Å². The van der Waals surface area contributed by atoms with E-state index in [0.29, 0.717) is 12.8 Å². The number of nitrogens with zero attached hydrogens (tertiary/aromatic N) is 1. The maximum Gasteiger partial charge on any atom is 0.341 e. The van der Waals surface area contributed by atoms with Crippen LogP contribution in [0.1, 0.15) is 50.4 Å². The number of rotatable bonds is 13. The molecular weight excluding hydrogens is 486 g/mol. The van der Waals surface area contributed by atoms with Crippen molar-refractivity contribution in [2.24, 2.45) is 0 Å². The number of imide groups is 1. The van der Waals surface area contributed by atoms with Crippen LogP contribution in [0.2, 0.25) is 0 Å². The third kappa shape index (κ3) is 10.1. The summed E-state index contributed by atoms with van der Waals surface area (Å²) < 4.78 is 10.4. The molecule has 37 heavy (non-hydrogen) atoms. The molecule has 0 unspecified atom stereocenters. The van der Waals surface area contributed by atoms with Crippen LogP contribution in [0.15, 0.2) is 36.4 Å². The van der Waals surface area contributed by atoms with Gasteiger partial charge < -0.3 is 25.2 Å². The van der Waals surface area contributed by atoms with Crippen molar-refractivity contribution in [3.63, 3.8) is 0 Å². The summed E-state index contributed by atoms with van der Waals surface area (Å²) in [4.78, 5) is 72.6. The van der Waals surface area contributed by atoms with E-state index in [4.69, 9.17) is 14.6 Å². The van der Waals surface area contributed by atoms with Gasteiger partial charge >= 0.3 is 11.9 Å². The second kappa shape index (κ2) is 13.2. The summed E-state index contributed by atoms with van der Waals surface area (Å²) in [7, 11) is 0. The zero-order chi connectivity index (χ0) is 27.6. The van der Waals surface area contributed by atoms with E-state index in [9.17, 15) is 28.8 Å². The Morgan fingerprint density at radius 3 is 2.35 bits per heavy atom. The lowest BCUT2D eigenvalue weighted by Gasteiger charge is -2.25. The smallest absolute Gasteiger partial charge is 0.341 e. The summed E-state index contributed by atoms with van der Waals surface area (Å²) in [6, 6.07) is 4.80. The molecule has 0 spiro atoms. The molecule has 0 saturated heterocycles. The Hall–Kier alpha value is -4.22. The zero-order valence-electron chi connectivity index (χ0n) is 20.9. The fourth-order valence-corrected chi connectivity index (χ4v) is 3.27. The zero-order valence-corrected chi connectivity index (χ0v) is 20.9. The number of hydrogen-bond acceptors (Lipinski definition) is 8. The number of carboxylic acids is 1. The molecule has 4 amide bonds. The molecule has 3 N–H and O–H groups in total. The summed E-state index contributed by atoms with van der Waals surface area (Å²) in [6.07, 6.45) is 3.42. The van der Waals surface area contributed by atoms with Crippen LogP contribution in [0.5, 0.6) is 5.75 Å². The number of nitrogens with one attached hydrogen (secondary N) is 2. The maximum atomic E-state index is 12.6. The van der Waals surface area contributed by atoms with Crippen LogP contribution in [0.25, 0.3) is 0 Å². The molecule has 0 fully saturated rings. The minimum Gasteiger partial charge on any atom is -0.482 e. The highest BCUT2D eigenvalue weighted by atomic mass is 16.6. The van der Waals surface area contributed by atoms with Crippen molar-refractivity contribution in [2.75, 3.05) is 19.7 Å². The number of esters is 1. The maximum absolute atomic E-state index is 12.6. The van der Waals surface area contributed by atoms with Gasteiger partial charge in [-0.15, -0.1) is 0 Å². The highest BCUT2D eigenvalue weighted by molar-refractivity contribution is 6.12. The average Bonchev–Trinajstić information content (AvgIpc) is 3.14. The van der Waals surface area contributed by atoms with Crippen LogP contribution in [0, 0.1) is 0 Å². The monoisotopic (exact) mass is 517 g/mol. The molecule has 200 valence electrons. The summed E-state index contributed by atoms with van der Waals surface area (Å²) in [5.41, 5.74) is -0.637. The highest BCUT2D eigenvalue weighted by Crippen LogP contribution is 2.14. The minimum absolute atomic E-state index is 0.153. The number of benzene rings is 1. The lowest BCUT2D eigenvalue weighted by atomic mass is 10.1. The molecule has 1 heterocycles. The van der Waals surface area contributed by atoms with Crippen LogP contribution >= 0.6 is 0 Å². The van der Waals surface area contributed by atoms with E-state index in [1.54, 1.807) is 20.8 Å². The number of carbonyl (C=O) groups is 6. The van der Waals surface area contributed by atoms with Crippen LogP contribution < -0.4 is 15.4 Å². The quantitative estimate of drug-likeness (QED) is 0.195. The number of amides is 4. The van der Waals surface area contributed by atoms with E-state index in [-0.39, 0.29) is 24.3 Å². The van der Waals surface area contributed by atoms with E-state index in [2.05, 4.69) is 10.6 Å². The third-order valence-corrected chi connectivity index (χ3v) is 4.92. The van der Waals surface area contributed by atoms with E-state index in [1.807, 2.05) is 0 Å². The van der Waals surface area contributed by atoms with Crippen molar-refractivity contribution in [1.82, 2.24) is 15.5 Å². The molecule has 1 aliphatic heterocycles. The van der Waals surface area contributed by atoms with Crippen molar-refractivity contribution >= 4 is 35.6 Å². The molecule has 2 rings (SSSR count). The molecule has 12 nitrogen and oxygen atoms in total. The molecule has 12 heteroatoms. The van der Waals surface area contributed by atoms with Gasteiger partial charge in [-0.25, -0.2) is 9.59 Å². The first-order chi connectivity index (χ1) is 17.4. The van der Waals surface area contributed by atoms with E-state index < -0.39 is 60.4 Å². The molecule has 1 atom stereocenters. The van der Waals surface area contributed by atoms with E-state index in [0.717, 1.165) is 4.90 Å². The fraction of sp³-hybridized carbons (Fsp3) is 0.440. The SMILES string of the molecule is CC(C)(C)OC(=O)[C@H](CCCCN1C(=O)C=CC1=O)NC(=O)CNC(=O)c1cccc(OCC(=O)O)c1. The summed E-state index contributed by atoms with van der Waals surface area (Å²) in [6.45, 7) is 4.26. The predicted octanol–water partition coefficient (Wildman–Crippen LogP) is 0.802. The molecule has 0 bridgehead atoms. The van der Waals surface area contributed by atoms with Crippen LogP contribution in [-0.4, -0.2) is 76.9 Å². The largest absolute Gasteiger partial charge is 0.482 e. The number of aliphatic carboxylic acids is 1. The third-order valence-electron chi connectivity index (χ3n) is 4.92. The fourth-order valence-electron chi connectivity index (χ4n) is 3.27. The second-order valence-electron chi connectivity index (χ2n) is 9.20. The van der Waals surface area contributed by atoms with Crippen LogP contribution in [0.3, 0.4) is 0 Å². The first-order valence-electron chi connectivity index (χ1n) is 11.6. The number of carboxylic acid groups (broad SMARTS) is 1. The average molecular weight is 518 g/mol. The van der Waals surface area contributed by atoms with Gasteiger partial charge in [-0.05, 0) is 58.2 Å². The van der Waals surface area contributed by atoms with Crippen molar-refractivity contribution in [3.8, 4) is 5.75 Å². The topological polar surface area (TPSA) is 168 Å². The van der Waals surface area contributed by atoms with Crippen LogP contribution in [-0.2, 0) is 28.7 Å². The predicted molar refractivity (Wildman–Crippen MR) is 129 cm³/mol. The summed E-state index contributed by atoms with van der Waals surface area (Å²) in [5, 5.41) is 13.7. The number of ether oxygens (including phenoxy) is 2. The Morgan fingerprint density at radius 2 is 1.73 bits per heavy atom. The van der Waals surface area contributed by atoms with E-state index in [1.165, 1.54) is 36.4 Å². The Kier molecular flexibility index (Phi) is 10.3. The van der Waals surface area contributed by atoms with Gasteiger partial charge in [-0.3, -0.25) is 24.1 Å². The summed E-state index contributed by atoms with van der Waals surface area (Å²) in [5.74, 6) is -3.65. The lowest BCUT2D eigenvalue weighted by molar-refractivity contribution is -0.159. The van der Waals surface area contributed by atoms with Gasteiger partial charge in [0.15, 0.2) is 6.61 Å². The Morgan fingerprint density at radius 1 is 1.05 bits per heavy atom. The Labute approximate surface area is 214 Å². The molecule has 1 aliphatic rings. The van der Waals surface area contributed by atoms with Crippen molar-refractivity contribution in [3.05, 3.63) is 42.0 Å². The highest BCUT2D eigenvalue weighted by Gasteiger charge is 2.27. The van der Waals surface area contributed by atoms with Gasteiger partial charge in [0, 0.05) is 24.3 Å². The van der Waals surface area contributed by atoms with Crippen LogP contribution in [0.4, 0.5) is 0 Å². The first kappa shape index (κ1) is 29.0. The van der Waals surface area contributed by atoms with Gasteiger partial charge in [-0.2, -0.15) is 0 Å². The Balaban J connectivity index is 1.90.